The van der Waals surface area contributed by atoms with E-state index in [-0.39, 0.29) is 47.5 Å². The molecular formula is C16H16ClN3O5S2. The normalized spacial score (nSPS) is 15.7. The molecule has 0 radical (unpaired) electrons. The van der Waals surface area contributed by atoms with Gasteiger partial charge in [-0.25, -0.2) is 8.42 Å². The molecule has 0 saturated carbocycles. The van der Waals surface area contributed by atoms with E-state index in [4.69, 9.17) is 11.6 Å². The molecule has 1 aromatic carbocycles. The number of carbonyl (C=O) groups excluding carboxylic acids is 1. The molecule has 0 N–H and O–H groups in total. The van der Waals surface area contributed by atoms with Gasteiger partial charge in [-0.1, -0.05) is 11.6 Å². The van der Waals surface area contributed by atoms with Crippen molar-refractivity contribution in [1.29, 1.82) is 0 Å². The number of aryl methyl sites for hydroxylation is 1. The minimum atomic E-state index is -3.66. The fourth-order valence-corrected chi connectivity index (χ4v) is 5.31. The zero-order valence-electron chi connectivity index (χ0n) is 14.3. The number of hydrogen-bond acceptors (Lipinski definition) is 6. The second-order valence-corrected chi connectivity index (χ2v) is 9.59. The first-order chi connectivity index (χ1) is 12.7. The Labute approximate surface area is 165 Å². The average molecular weight is 430 g/mol. The smallest absolute Gasteiger partial charge is 0.283 e. The summed E-state index contributed by atoms with van der Waals surface area (Å²) in [7, 11) is -3.66. The number of hydrogen-bond donors (Lipinski definition) is 0. The van der Waals surface area contributed by atoms with Crippen LogP contribution in [0, 0.1) is 17.0 Å². The number of sulfonamides is 1. The maximum absolute atomic E-state index is 12.7. The topological polar surface area (TPSA) is 101 Å². The van der Waals surface area contributed by atoms with Gasteiger partial charge in [0.1, 0.15) is 0 Å². The largest absolute Gasteiger partial charge is 0.335 e. The van der Waals surface area contributed by atoms with E-state index in [1.165, 1.54) is 39.5 Å². The van der Waals surface area contributed by atoms with Gasteiger partial charge in [0.25, 0.3) is 11.6 Å². The van der Waals surface area contributed by atoms with Crippen LogP contribution in [0.2, 0.25) is 5.02 Å². The zero-order valence-corrected chi connectivity index (χ0v) is 16.7. The van der Waals surface area contributed by atoms with Crippen LogP contribution in [0.25, 0.3) is 0 Å². The van der Waals surface area contributed by atoms with Crippen LogP contribution >= 0.6 is 22.9 Å². The molecular weight excluding hydrogens is 414 g/mol. The Balaban J connectivity index is 1.69. The Hall–Kier alpha value is -2.01. The Bertz CT molecular complexity index is 980. The van der Waals surface area contributed by atoms with Crippen molar-refractivity contribution in [2.75, 3.05) is 26.2 Å². The van der Waals surface area contributed by atoms with Crippen LogP contribution in [0.4, 0.5) is 5.69 Å². The van der Waals surface area contributed by atoms with Crippen LogP contribution in [-0.4, -0.2) is 54.6 Å². The summed E-state index contributed by atoms with van der Waals surface area (Å²) in [6.07, 6.45) is 0. The molecule has 0 bridgehead atoms. The molecule has 0 unspecified atom stereocenters. The quantitative estimate of drug-likeness (QED) is 0.549. The second-order valence-electron chi connectivity index (χ2n) is 5.96. The summed E-state index contributed by atoms with van der Waals surface area (Å²) in [4.78, 5) is 25.4. The van der Waals surface area contributed by atoms with Crippen molar-refractivity contribution in [2.24, 2.45) is 0 Å². The second kappa shape index (κ2) is 7.55. The molecule has 1 aliphatic rings. The fourth-order valence-electron chi connectivity index (χ4n) is 2.80. The third-order valence-corrected chi connectivity index (χ3v) is 7.47. The van der Waals surface area contributed by atoms with E-state index in [1.54, 1.807) is 6.92 Å². The first kappa shape index (κ1) is 19.7. The zero-order chi connectivity index (χ0) is 19.8. The lowest BCUT2D eigenvalue weighted by atomic mass is 10.3. The minimum Gasteiger partial charge on any atom is -0.335 e. The Kier molecular flexibility index (Phi) is 5.52. The summed E-state index contributed by atoms with van der Waals surface area (Å²) in [6.45, 7) is 2.34. The molecule has 3 rings (SSSR count). The molecule has 0 aliphatic carbocycles. The molecule has 1 aromatic heterocycles. The van der Waals surface area contributed by atoms with Gasteiger partial charge in [0, 0.05) is 37.3 Å². The molecule has 1 aliphatic heterocycles. The van der Waals surface area contributed by atoms with E-state index in [0.29, 0.717) is 9.90 Å². The molecule has 2 aromatic rings. The first-order valence-corrected chi connectivity index (χ1v) is 10.6. The van der Waals surface area contributed by atoms with Gasteiger partial charge in [0.15, 0.2) is 0 Å². The van der Waals surface area contributed by atoms with Gasteiger partial charge in [-0.15, -0.1) is 11.3 Å². The molecule has 0 atom stereocenters. The molecule has 1 fully saturated rings. The molecule has 144 valence electrons. The van der Waals surface area contributed by atoms with Crippen LogP contribution in [0.3, 0.4) is 0 Å². The molecule has 27 heavy (non-hydrogen) atoms. The van der Waals surface area contributed by atoms with Gasteiger partial charge in [-0.05, 0) is 31.2 Å². The lowest BCUT2D eigenvalue weighted by Gasteiger charge is -2.33. The van der Waals surface area contributed by atoms with Crippen LogP contribution < -0.4 is 0 Å². The summed E-state index contributed by atoms with van der Waals surface area (Å²) in [5, 5.41) is 11.4. The van der Waals surface area contributed by atoms with E-state index in [9.17, 15) is 23.3 Å². The third-order valence-electron chi connectivity index (χ3n) is 4.28. The summed E-state index contributed by atoms with van der Waals surface area (Å²) in [5.41, 5.74) is -0.0766. The van der Waals surface area contributed by atoms with E-state index in [1.807, 2.05) is 0 Å². The maximum Gasteiger partial charge on any atom is 0.283 e. The van der Waals surface area contributed by atoms with Crippen molar-refractivity contribution in [2.45, 2.75) is 11.8 Å². The summed E-state index contributed by atoms with van der Waals surface area (Å²) in [5.74, 6) is -0.320. The first-order valence-electron chi connectivity index (χ1n) is 8.00. The predicted octanol–water partition coefficient (Wildman–Crippen LogP) is 2.76. The molecule has 11 heteroatoms. The van der Waals surface area contributed by atoms with Gasteiger partial charge >= 0.3 is 0 Å². The van der Waals surface area contributed by atoms with Gasteiger partial charge in [0.2, 0.25) is 10.0 Å². The van der Waals surface area contributed by atoms with Crippen molar-refractivity contribution in [3.8, 4) is 0 Å². The molecule has 1 amide bonds. The van der Waals surface area contributed by atoms with Crippen LogP contribution in [0.1, 0.15) is 14.5 Å². The molecule has 2 heterocycles. The number of halogens is 1. The highest BCUT2D eigenvalue weighted by Gasteiger charge is 2.31. The average Bonchev–Trinajstić information content (AvgIpc) is 3.03. The van der Waals surface area contributed by atoms with Gasteiger partial charge < -0.3 is 4.90 Å². The number of thiophene rings is 1. The monoisotopic (exact) mass is 429 g/mol. The number of carbonyl (C=O) groups is 1. The molecule has 8 nitrogen and oxygen atoms in total. The van der Waals surface area contributed by atoms with Crippen LogP contribution in [0.15, 0.2) is 35.2 Å². The van der Waals surface area contributed by atoms with Crippen LogP contribution in [0.5, 0.6) is 0 Å². The highest BCUT2D eigenvalue weighted by Crippen LogP contribution is 2.29. The summed E-state index contributed by atoms with van der Waals surface area (Å²) >= 11 is 6.87. The van der Waals surface area contributed by atoms with E-state index in [2.05, 4.69) is 0 Å². The van der Waals surface area contributed by atoms with E-state index in [0.717, 1.165) is 11.3 Å². The van der Waals surface area contributed by atoms with Crippen molar-refractivity contribution in [3.63, 3.8) is 0 Å². The highest BCUT2D eigenvalue weighted by atomic mass is 35.5. The standard InChI is InChI=1S/C16H16ClN3O5S2/c1-11-14(20(22)23)10-15(26-11)16(21)18-6-8-19(9-7-18)27(24,25)13-4-2-12(17)3-5-13/h2-5,10H,6-9H2,1H3. The highest BCUT2D eigenvalue weighted by molar-refractivity contribution is 7.89. The van der Waals surface area contributed by atoms with Crippen molar-refractivity contribution < 1.29 is 18.1 Å². The fraction of sp³-hybridized carbons (Fsp3) is 0.312. The van der Waals surface area contributed by atoms with Crippen molar-refractivity contribution >= 4 is 44.6 Å². The number of rotatable bonds is 4. The lowest BCUT2D eigenvalue weighted by Crippen LogP contribution is -2.50. The minimum absolute atomic E-state index is 0.0766. The Morgan fingerprint density at radius 3 is 2.30 bits per heavy atom. The van der Waals surface area contributed by atoms with Gasteiger partial charge in [-0.2, -0.15) is 4.31 Å². The molecule has 1 saturated heterocycles. The van der Waals surface area contributed by atoms with E-state index < -0.39 is 14.9 Å². The molecule has 0 spiro atoms. The Morgan fingerprint density at radius 1 is 1.19 bits per heavy atom. The number of benzene rings is 1. The number of nitrogens with zero attached hydrogens (tertiary/aromatic N) is 3. The maximum atomic E-state index is 12.7. The van der Waals surface area contributed by atoms with Gasteiger partial charge in [0.05, 0.1) is 19.6 Å². The summed E-state index contributed by atoms with van der Waals surface area (Å²) < 4.78 is 26.7. The Morgan fingerprint density at radius 2 is 1.78 bits per heavy atom. The predicted molar refractivity (Wildman–Crippen MR) is 102 cm³/mol. The number of nitro groups is 1. The SMILES string of the molecule is Cc1sc(C(=O)N2CCN(S(=O)(=O)c3ccc(Cl)cc3)CC2)cc1[N+](=O)[O-]. The number of amides is 1. The van der Waals surface area contributed by atoms with Crippen molar-refractivity contribution in [1.82, 2.24) is 9.21 Å². The third kappa shape index (κ3) is 3.98. The van der Waals surface area contributed by atoms with Crippen molar-refractivity contribution in [3.05, 3.63) is 55.2 Å². The number of piperazine rings is 1. The van der Waals surface area contributed by atoms with Crippen LogP contribution in [-0.2, 0) is 10.0 Å². The van der Waals surface area contributed by atoms with Gasteiger partial charge in [-0.3, -0.25) is 14.9 Å². The van der Waals surface area contributed by atoms with E-state index >= 15 is 0 Å². The lowest BCUT2D eigenvalue weighted by molar-refractivity contribution is -0.385. The summed E-state index contributed by atoms with van der Waals surface area (Å²) in [6, 6.07) is 7.20.